The third kappa shape index (κ3) is 3.25. The van der Waals surface area contributed by atoms with Crippen molar-refractivity contribution in [3.05, 3.63) is 66.2 Å². The molecule has 1 N–H and O–H groups in total. The normalized spacial score (nSPS) is 14.2. The Bertz CT molecular complexity index is 484. The molecule has 2 rings (SSSR count). The second-order valence-corrected chi connectivity index (χ2v) is 5.08. The molecule has 0 saturated carbocycles. The molecule has 2 aromatic rings. The van der Waals surface area contributed by atoms with Gasteiger partial charge in [0.1, 0.15) is 11.0 Å². The van der Waals surface area contributed by atoms with E-state index in [2.05, 4.69) is 4.72 Å². The molecule has 0 spiro atoms. The third-order valence-corrected chi connectivity index (χ3v) is 3.81. The van der Waals surface area contributed by atoms with Gasteiger partial charge in [-0.1, -0.05) is 48.5 Å². The van der Waals surface area contributed by atoms with E-state index in [1.165, 1.54) is 0 Å². The van der Waals surface area contributed by atoms with Gasteiger partial charge in [-0.05, 0) is 24.6 Å². The van der Waals surface area contributed by atoms with E-state index in [-0.39, 0.29) is 6.04 Å². The lowest BCUT2D eigenvalue weighted by atomic mass is 10.1. The summed E-state index contributed by atoms with van der Waals surface area (Å²) in [4.78, 5) is 0.801. The maximum absolute atomic E-state index is 12.0. The van der Waals surface area contributed by atoms with Crippen LogP contribution in [0, 0.1) is 0 Å². The number of hydrogen-bond acceptors (Lipinski definition) is 1. The minimum Gasteiger partial charge on any atom is -0.237 e. The second kappa shape index (κ2) is 5.75. The van der Waals surface area contributed by atoms with Crippen molar-refractivity contribution in [2.45, 2.75) is 17.9 Å². The average Bonchev–Trinajstić information content (AvgIpc) is 2.40. The van der Waals surface area contributed by atoms with Crippen LogP contribution in [-0.2, 0) is 11.0 Å². The highest BCUT2D eigenvalue weighted by atomic mass is 32.2. The summed E-state index contributed by atoms with van der Waals surface area (Å²) in [7, 11) is -1.16. The maximum atomic E-state index is 12.0. The Morgan fingerprint density at radius 3 is 2.06 bits per heavy atom. The lowest BCUT2D eigenvalue weighted by molar-refractivity contribution is 0.651. The van der Waals surface area contributed by atoms with Gasteiger partial charge < -0.3 is 0 Å². The van der Waals surface area contributed by atoms with Crippen LogP contribution in [0.5, 0.6) is 0 Å². The fourth-order valence-corrected chi connectivity index (χ4v) is 2.58. The summed E-state index contributed by atoms with van der Waals surface area (Å²) in [6.45, 7) is 2.01. The number of hydrogen-bond donors (Lipinski definition) is 1. The van der Waals surface area contributed by atoms with Gasteiger partial charge in [0.05, 0.1) is 4.90 Å². The predicted molar refractivity (Wildman–Crippen MR) is 70.8 cm³/mol. The van der Waals surface area contributed by atoms with Crippen molar-refractivity contribution in [3.8, 4) is 0 Å². The standard InChI is InChI=1S/C14H15NOS/c1-12(13-8-4-2-5-9-13)15-17(16)14-10-6-3-7-11-14/h2-12,15H,1H3. The second-order valence-electron chi connectivity index (χ2n) is 3.83. The van der Waals surface area contributed by atoms with Crippen LogP contribution >= 0.6 is 0 Å². The van der Waals surface area contributed by atoms with Gasteiger partial charge in [0, 0.05) is 6.04 Å². The summed E-state index contributed by atoms with van der Waals surface area (Å²) < 4.78 is 15.1. The molecule has 2 nitrogen and oxygen atoms in total. The van der Waals surface area contributed by atoms with Crippen LogP contribution in [0.3, 0.4) is 0 Å². The van der Waals surface area contributed by atoms with E-state index in [0.29, 0.717) is 0 Å². The van der Waals surface area contributed by atoms with E-state index in [0.717, 1.165) is 10.5 Å². The van der Waals surface area contributed by atoms with Crippen molar-refractivity contribution in [3.63, 3.8) is 0 Å². The van der Waals surface area contributed by atoms with Crippen molar-refractivity contribution in [1.29, 1.82) is 0 Å². The summed E-state index contributed by atoms with van der Waals surface area (Å²) >= 11 is 0. The van der Waals surface area contributed by atoms with Crippen LogP contribution in [0.4, 0.5) is 0 Å². The first-order valence-corrected chi connectivity index (χ1v) is 6.70. The van der Waals surface area contributed by atoms with Gasteiger partial charge in [0.15, 0.2) is 0 Å². The predicted octanol–water partition coefficient (Wildman–Crippen LogP) is 3.06. The molecule has 3 heteroatoms. The van der Waals surface area contributed by atoms with Gasteiger partial charge >= 0.3 is 0 Å². The van der Waals surface area contributed by atoms with Crippen molar-refractivity contribution in [2.24, 2.45) is 0 Å². The summed E-state index contributed by atoms with van der Waals surface area (Å²) in [6.07, 6.45) is 0. The quantitative estimate of drug-likeness (QED) is 0.881. The molecule has 88 valence electrons. The fourth-order valence-electron chi connectivity index (χ4n) is 1.58. The Hall–Kier alpha value is -1.45. The van der Waals surface area contributed by atoms with Gasteiger partial charge in [-0.3, -0.25) is 0 Å². The average molecular weight is 245 g/mol. The molecule has 0 radical (unpaired) electrons. The highest BCUT2D eigenvalue weighted by Crippen LogP contribution is 2.13. The van der Waals surface area contributed by atoms with Crippen LogP contribution in [-0.4, -0.2) is 4.21 Å². The van der Waals surface area contributed by atoms with E-state index in [4.69, 9.17) is 0 Å². The van der Waals surface area contributed by atoms with Gasteiger partial charge in [0.2, 0.25) is 0 Å². The molecule has 2 aromatic carbocycles. The molecule has 0 aromatic heterocycles. The first-order chi connectivity index (χ1) is 8.27. The highest BCUT2D eigenvalue weighted by molar-refractivity contribution is 7.83. The summed E-state index contributed by atoms with van der Waals surface area (Å²) in [5.41, 5.74) is 1.14. The largest absolute Gasteiger partial charge is 0.237 e. The molecule has 0 bridgehead atoms. The molecule has 0 aliphatic rings. The topological polar surface area (TPSA) is 29.1 Å². The number of nitrogens with one attached hydrogen (secondary N) is 1. The smallest absolute Gasteiger partial charge is 0.125 e. The van der Waals surface area contributed by atoms with Crippen LogP contribution < -0.4 is 4.72 Å². The van der Waals surface area contributed by atoms with Gasteiger partial charge in [-0.15, -0.1) is 0 Å². The zero-order valence-corrected chi connectivity index (χ0v) is 10.5. The first-order valence-electron chi connectivity index (χ1n) is 5.55. The Balaban J connectivity index is 2.05. The number of benzene rings is 2. The Labute approximate surface area is 104 Å². The molecule has 2 atom stereocenters. The fraction of sp³-hybridized carbons (Fsp3) is 0.143. The Morgan fingerprint density at radius 1 is 0.941 bits per heavy atom. The SMILES string of the molecule is CC(NS(=O)c1ccccc1)c1ccccc1. The minimum atomic E-state index is -1.16. The van der Waals surface area contributed by atoms with E-state index in [1.807, 2.05) is 67.6 Å². The molecule has 0 aliphatic heterocycles. The van der Waals surface area contributed by atoms with Crippen molar-refractivity contribution in [2.75, 3.05) is 0 Å². The van der Waals surface area contributed by atoms with Gasteiger partial charge in [-0.2, -0.15) is 0 Å². The molecule has 0 aliphatic carbocycles. The van der Waals surface area contributed by atoms with Crippen LogP contribution in [0.15, 0.2) is 65.6 Å². The zero-order valence-electron chi connectivity index (χ0n) is 9.67. The molecule has 2 unspecified atom stereocenters. The monoisotopic (exact) mass is 245 g/mol. The Morgan fingerprint density at radius 2 is 1.47 bits per heavy atom. The highest BCUT2D eigenvalue weighted by Gasteiger charge is 2.09. The van der Waals surface area contributed by atoms with Crippen molar-refractivity contribution >= 4 is 11.0 Å². The van der Waals surface area contributed by atoms with Gasteiger partial charge in [0.25, 0.3) is 0 Å². The molecular weight excluding hydrogens is 230 g/mol. The van der Waals surface area contributed by atoms with E-state index >= 15 is 0 Å². The molecular formula is C14H15NOS. The van der Waals surface area contributed by atoms with Crippen molar-refractivity contribution in [1.82, 2.24) is 4.72 Å². The van der Waals surface area contributed by atoms with Crippen LogP contribution in [0.25, 0.3) is 0 Å². The molecule has 0 amide bonds. The van der Waals surface area contributed by atoms with Crippen LogP contribution in [0.1, 0.15) is 18.5 Å². The molecule has 17 heavy (non-hydrogen) atoms. The van der Waals surface area contributed by atoms with E-state index in [9.17, 15) is 4.21 Å². The molecule has 0 saturated heterocycles. The third-order valence-electron chi connectivity index (χ3n) is 2.54. The summed E-state index contributed by atoms with van der Waals surface area (Å²) in [5.74, 6) is 0. The lowest BCUT2D eigenvalue weighted by Gasteiger charge is -2.13. The lowest BCUT2D eigenvalue weighted by Crippen LogP contribution is -2.21. The molecule has 0 heterocycles. The van der Waals surface area contributed by atoms with Crippen LogP contribution in [0.2, 0.25) is 0 Å². The summed E-state index contributed by atoms with van der Waals surface area (Å²) in [5, 5.41) is 0. The Kier molecular flexibility index (Phi) is 4.07. The van der Waals surface area contributed by atoms with Gasteiger partial charge in [-0.25, -0.2) is 8.93 Å². The minimum absolute atomic E-state index is 0.0669. The first kappa shape index (κ1) is 12.0. The summed E-state index contributed by atoms with van der Waals surface area (Å²) in [6, 6.07) is 19.5. The number of rotatable bonds is 4. The van der Waals surface area contributed by atoms with E-state index in [1.54, 1.807) is 0 Å². The molecule has 0 fully saturated rings. The van der Waals surface area contributed by atoms with E-state index < -0.39 is 11.0 Å². The zero-order chi connectivity index (χ0) is 12.1. The maximum Gasteiger partial charge on any atom is 0.125 e. The van der Waals surface area contributed by atoms with Crippen molar-refractivity contribution < 1.29 is 4.21 Å².